The van der Waals surface area contributed by atoms with Crippen molar-refractivity contribution in [2.75, 3.05) is 18.5 Å². The summed E-state index contributed by atoms with van der Waals surface area (Å²) in [6, 6.07) is 6.56. The van der Waals surface area contributed by atoms with Crippen molar-refractivity contribution < 1.29 is 19.1 Å². The zero-order valence-electron chi connectivity index (χ0n) is 16.8. The van der Waals surface area contributed by atoms with Gasteiger partial charge in [-0.05, 0) is 50.5 Å². The lowest BCUT2D eigenvalue weighted by Crippen LogP contribution is -2.25. The predicted molar refractivity (Wildman–Crippen MR) is 112 cm³/mol. The van der Waals surface area contributed by atoms with E-state index in [2.05, 4.69) is 11.4 Å². The lowest BCUT2D eigenvalue weighted by Gasteiger charge is -2.17. The molecule has 2 heterocycles. The van der Waals surface area contributed by atoms with Gasteiger partial charge >= 0.3 is 0 Å². The van der Waals surface area contributed by atoms with Crippen molar-refractivity contribution >= 4 is 29.2 Å². The van der Waals surface area contributed by atoms with E-state index in [4.69, 9.17) is 26.8 Å². The van der Waals surface area contributed by atoms with Crippen LogP contribution in [0.2, 0.25) is 5.02 Å². The number of nitrogens with two attached hydrogens (primary N) is 1. The average molecular weight is 431 g/mol. The third-order valence-electron chi connectivity index (χ3n) is 5.17. The Hall–Kier alpha value is -3.02. The minimum atomic E-state index is -0.712. The number of halogens is 1. The second-order valence-electron chi connectivity index (χ2n) is 7.13. The van der Waals surface area contributed by atoms with E-state index < -0.39 is 11.8 Å². The van der Waals surface area contributed by atoms with E-state index in [1.807, 2.05) is 18.4 Å². The van der Waals surface area contributed by atoms with Crippen molar-refractivity contribution in [3.63, 3.8) is 0 Å². The molecular weight excluding hydrogens is 408 g/mol. The molecule has 2 aromatic rings. The van der Waals surface area contributed by atoms with Crippen LogP contribution < -0.4 is 15.8 Å². The number of hydrogen-bond acceptors (Lipinski definition) is 5. The van der Waals surface area contributed by atoms with Crippen molar-refractivity contribution in [3.05, 3.63) is 45.6 Å². The number of nitriles is 1. The zero-order chi connectivity index (χ0) is 21.8. The van der Waals surface area contributed by atoms with Gasteiger partial charge in [0.2, 0.25) is 0 Å². The fraction of sp³-hybridized carbons (Fsp3) is 0.381. The van der Waals surface area contributed by atoms with E-state index in [1.165, 1.54) is 18.2 Å². The fourth-order valence-electron chi connectivity index (χ4n) is 3.48. The smallest absolute Gasteiger partial charge is 0.263 e. The number of aromatic nitrogens is 1. The molecule has 1 atom stereocenters. The lowest BCUT2D eigenvalue weighted by molar-refractivity contribution is -0.118. The molecule has 3 N–H and O–H groups in total. The number of carbonyl (C=O) groups excluding carboxylic acids is 2. The summed E-state index contributed by atoms with van der Waals surface area (Å²) < 4.78 is 13.1. The summed E-state index contributed by atoms with van der Waals surface area (Å²) in [4.78, 5) is 24.2. The third kappa shape index (κ3) is 4.58. The van der Waals surface area contributed by atoms with Crippen molar-refractivity contribution in [1.29, 1.82) is 5.26 Å². The van der Waals surface area contributed by atoms with Gasteiger partial charge in [0, 0.05) is 17.3 Å². The third-order valence-corrected chi connectivity index (χ3v) is 5.41. The van der Waals surface area contributed by atoms with Crippen LogP contribution in [-0.4, -0.2) is 35.7 Å². The first-order valence-electron chi connectivity index (χ1n) is 9.55. The molecule has 1 unspecified atom stereocenters. The number of nitrogens with zero attached hydrogens (tertiary/aromatic N) is 2. The monoisotopic (exact) mass is 430 g/mol. The summed E-state index contributed by atoms with van der Waals surface area (Å²) in [7, 11) is 0. The number of carbonyl (C=O) groups is 2. The van der Waals surface area contributed by atoms with E-state index in [1.54, 1.807) is 0 Å². The summed E-state index contributed by atoms with van der Waals surface area (Å²) >= 11 is 5.88. The summed E-state index contributed by atoms with van der Waals surface area (Å²) in [6.07, 6.45) is 1.97. The second-order valence-corrected chi connectivity index (χ2v) is 7.57. The number of nitrogens with one attached hydrogen (secondary N) is 1. The van der Waals surface area contributed by atoms with Gasteiger partial charge in [-0.2, -0.15) is 5.26 Å². The number of ether oxygens (including phenoxy) is 2. The largest absolute Gasteiger partial charge is 0.483 e. The Morgan fingerprint density at radius 1 is 1.43 bits per heavy atom. The van der Waals surface area contributed by atoms with Crippen LogP contribution in [0, 0.1) is 25.2 Å². The van der Waals surface area contributed by atoms with Crippen molar-refractivity contribution in [2.24, 2.45) is 5.73 Å². The van der Waals surface area contributed by atoms with Crippen LogP contribution in [0.25, 0.3) is 0 Å². The van der Waals surface area contributed by atoms with Crippen LogP contribution in [0.5, 0.6) is 5.75 Å². The molecule has 0 radical (unpaired) electrons. The molecule has 30 heavy (non-hydrogen) atoms. The maximum Gasteiger partial charge on any atom is 0.263 e. The van der Waals surface area contributed by atoms with Crippen molar-refractivity contribution in [2.45, 2.75) is 39.3 Å². The number of hydrogen-bond donors (Lipinski definition) is 2. The van der Waals surface area contributed by atoms with Crippen LogP contribution in [-0.2, 0) is 16.1 Å². The highest BCUT2D eigenvalue weighted by atomic mass is 35.5. The molecule has 0 saturated carbocycles. The Kier molecular flexibility index (Phi) is 6.65. The molecule has 1 fully saturated rings. The molecular formula is C21H23ClN4O4. The van der Waals surface area contributed by atoms with E-state index in [0.717, 1.165) is 24.1 Å². The standard InChI is InChI=1S/C21H23ClN4O4/c1-12-13(2)26(10-15-4-3-7-29-15)21(17(12)9-23)25-19(27)11-30-18-6-5-14(22)8-16(18)20(24)28/h5-6,8,15H,3-4,7,10-11H2,1-2H3,(H2,24,28)(H,25,27). The quantitative estimate of drug-likeness (QED) is 0.699. The first-order chi connectivity index (χ1) is 14.3. The molecule has 1 aliphatic heterocycles. The van der Waals surface area contributed by atoms with Crippen LogP contribution in [0.4, 0.5) is 5.82 Å². The number of anilines is 1. The van der Waals surface area contributed by atoms with Gasteiger partial charge in [-0.1, -0.05) is 11.6 Å². The molecule has 1 aliphatic rings. The SMILES string of the molecule is Cc1c(C#N)c(NC(=O)COc2ccc(Cl)cc2C(N)=O)n(CC2CCCO2)c1C. The molecule has 1 aromatic heterocycles. The van der Waals surface area contributed by atoms with Gasteiger partial charge in [0.05, 0.1) is 23.8 Å². The molecule has 1 saturated heterocycles. The summed E-state index contributed by atoms with van der Waals surface area (Å²) in [6.45, 7) is 4.65. The first-order valence-corrected chi connectivity index (χ1v) is 9.93. The van der Waals surface area contributed by atoms with Gasteiger partial charge in [0.25, 0.3) is 11.8 Å². The van der Waals surface area contributed by atoms with E-state index in [9.17, 15) is 14.9 Å². The highest BCUT2D eigenvalue weighted by Crippen LogP contribution is 2.28. The van der Waals surface area contributed by atoms with Crippen LogP contribution in [0.3, 0.4) is 0 Å². The van der Waals surface area contributed by atoms with E-state index in [-0.39, 0.29) is 24.0 Å². The van der Waals surface area contributed by atoms with E-state index in [0.29, 0.717) is 29.6 Å². The predicted octanol–water partition coefficient (Wildman–Crippen LogP) is 2.93. The van der Waals surface area contributed by atoms with Gasteiger partial charge in [-0.15, -0.1) is 0 Å². The highest BCUT2D eigenvalue weighted by Gasteiger charge is 2.24. The second kappa shape index (κ2) is 9.20. The zero-order valence-corrected chi connectivity index (χ0v) is 17.6. The Morgan fingerprint density at radius 3 is 2.83 bits per heavy atom. The molecule has 2 amide bonds. The normalized spacial score (nSPS) is 15.6. The molecule has 0 bridgehead atoms. The Morgan fingerprint density at radius 2 is 2.20 bits per heavy atom. The fourth-order valence-corrected chi connectivity index (χ4v) is 3.65. The molecule has 0 aliphatic carbocycles. The molecule has 1 aromatic carbocycles. The Bertz CT molecular complexity index is 1020. The lowest BCUT2D eigenvalue weighted by atomic mass is 10.2. The van der Waals surface area contributed by atoms with Crippen molar-refractivity contribution in [3.8, 4) is 11.8 Å². The average Bonchev–Trinajstić information content (AvgIpc) is 3.30. The maximum absolute atomic E-state index is 12.6. The maximum atomic E-state index is 12.6. The van der Waals surface area contributed by atoms with Gasteiger partial charge in [-0.3, -0.25) is 9.59 Å². The van der Waals surface area contributed by atoms with Crippen LogP contribution in [0.1, 0.15) is 40.0 Å². The van der Waals surface area contributed by atoms with Gasteiger partial charge < -0.3 is 25.1 Å². The number of rotatable bonds is 7. The van der Waals surface area contributed by atoms with Gasteiger partial charge in [-0.25, -0.2) is 0 Å². The Labute approximate surface area is 179 Å². The summed E-state index contributed by atoms with van der Waals surface area (Å²) in [5, 5.41) is 12.7. The van der Waals surface area contributed by atoms with Gasteiger partial charge in [0.15, 0.2) is 6.61 Å². The minimum absolute atomic E-state index is 0.0427. The number of amides is 2. The summed E-state index contributed by atoms with van der Waals surface area (Å²) in [5.41, 5.74) is 7.53. The molecule has 0 spiro atoms. The number of benzene rings is 1. The summed E-state index contributed by atoms with van der Waals surface area (Å²) in [5.74, 6) is -0.605. The first kappa shape index (κ1) is 21.7. The molecule has 3 rings (SSSR count). The van der Waals surface area contributed by atoms with E-state index >= 15 is 0 Å². The molecule has 8 nitrogen and oxygen atoms in total. The molecule has 9 heteroatoms. The minimum Gasteiger partial charge on any atom is -0.483 e. The van der Waals surface area contributed by atoms with Crippen LogP contribution >= 0.6 is 11.6 Å². The Balaban J connectivity index is 1.77. The highest BCUT2D eigenvalue weighted by molar-refractivity contribution is 6.31. The molecule has 158 valence electrons. The van der Waals surface area contributed by atoms with Crippen LogP contribution in [0.15, 0.2) is 18.2 Å². The van der Waals surface area contributed by atoms with Gasteiger partial charge in [0.1, 0.15) is 17.6 Å². The van der Waals surface area contributed by atoms with Crippen molar-refractivity contribution in [1.82, 2.24) is 4.57 Å². The number of primary amides is 1. The topological polar surface area (TPSA) is 119 Å².